The molecule has 0 radical (unpaired) electrons. The molecular formula is C12H23NO3. The number of carbonyl (C=O) groups is 1. The van der Waals surface area contributed by atoms with Gasteiger partial charge in [-0.1, -0.05) is 20.3 Å². The van der Waals surface area contributed by atoms with E-state index in [2.05, 4.69) is 19.2 Å². The van der Waals surface area contributed by atoms with Crippen molar-refractivity contribution in [2.45, 2.75) is 39.2 Å². The lowest BCUT2D eigenvalue weighted by atomic mass is 9.81. The lowest BCUT2D eigenvalue weighted by Gasteiger charge is -2.27. The lowest BCUT2D eigenvalue weighted by molar-refractivity contribution is -0.129. The Kier molecular flexibility index (Phi) is 4.74. The highest BCUT2D eigenvalue weighted by Crippen LogP contribution is 2.42. The molecule has 0 spiro atoms. The molecule has 16 heavy (non-hydrogen) atoms. The summed E-state index contributed by atoms with van der Waals surface area (Å²) in [7, 11) is 1.56. The second-order valence-corrected chi connectivity index (χ2v) is 5.28. The number of aliphatic hydroxyl groups is 1. The Balaban J connectivity index is 2.51. The summed E-state index contributed by atoms with van der Waals surface area (Å²) in [6.07, 6.45) is 3.16. The largest absolute Gasteiger partial charge is 0.394 e. The normalized spacial score (nSPS) is 25.4. The molecule has 1 rings (SSSR count). The van der Waals surface area contributed by atoms with Gasteiger partial charge in [0.2, 0.25) is 5.91 Å². The van der Waals surface area contributed by atoms with Gasteiger partial charge in [-0.3, -0.25) is 4.79 Å². The zero-order valence-corrected chi connectivity index (χ0v) is 10.5. The fourth-order valence-corrected chi connectivity index (χ4v) is 2.46. The average Bonchev–Trinajstić information content (AvgIpc) is 2.57. The summed E-state index contributed by atoms with van der Waals surface area (Å²) in [5.41, 5.74) is 0.0805. The number of methoxy groups -OCH3 is 1. The summed E-state index contributed by atoms with van der Waals surface area (Å²) in [5, 5.41) is 11.9. The molecule has 0 heterocycles. The van der Waals surface area contributed by atoms with Crippen molar-refractivity contribution in [3.8, 4) is 0 Å². The van der Waals surface area contributed by atoms with E-state index in [0.717, 1.165) is 19.3 Å². The van der Waals surface area contributed by atoms with Crippen LogP contribution in [0.2, 0.25) is 0 Å². The number of hydrogen-bond donors (Lipinski definition) is 2. The Morgan fingerprint density at radius 1 is 1.62 bits per heavy atom. The third kappa shape index (κ3) is 3.19. The van der Waals surface area contributed by atoms with Gasteiger partial charge in [0.15, 0.2) is 0 Å². The van der Waals surface area contributed by atoms with E-state index in [-0.39, 0.29) is 29.9 Å². The topological polar surface area (TPSA) is 58.6 Å². The summed E-state index contributed by atoms with van der Waals surface area (Å²) in [5.74, 6) is 0.122. The second kappa shape index (κ2) is 5.64. The molecule has 0 bridgehead atoms. The van der Waals surface area contributed by atoms with E-state index in [0.29, 0.717) is 6.61 Å². The van der Waals surface area contributed by atoms with Crippen LogP contribution in [0.3, 0.4) is 0 Å². The van der Waals surface area contributed by atoms with Crippen LogP contribution in [0.4, 0.5) is 0 Å². The van der Waals surface area contributed by atoms with Crippen LogP contribution in [0, 0.1) is 11.3 Å². The van der Waals surface area contributed by atoms with Crippen molar-refractivity contribution < 1.29 is 14.6 Å². The maximum atomic E-state index is 12.0. The van der Waals surface area contributed by atoms with Gasteiger partial charge in [-0.25, -0.2) is 0 Å². The monoisotopic (exact) mass is 229 g/mol. The third-order valence-corrected chi connectivity index (χ3v) is 3.51. The molecule has 94 valence electrons. The summed E-state index contributed by atoms with van der Waals surface area (Å²) in [4.78, 5) is 12.0. The Bertz CT molecular complexity index is 240. The summed E-state index contributed by atoms with van der Waals surface area (Å²) in [6.45, 7) is 4.55. The van der Waals surface area contributed by atoms with Crippen LogP contribution in [-0.4, -0.2) is 37.4 Å². The van der Waals surface area contributed by atoms with E-state index < -0.39 is 0 Å². The fraction of sp³-hybridized carbons (Fsp3) is 0.917. The molecule has 1 fully saturated rings. The van der Waals surface area contributed by atoms with Crippen LogP contribution in [0.1, 0.15) is 33.1 Å². The zero-order chi connectivity index (χ0) is 12.2. The van der Waals surface area contributed by atoms with E-state index in [1.165, 1.54) is 0 Å². The molecule has 1 amide bonds. The number of amides is 1. The first-order chi connectivity index (χ1) is 7.51. The van der Waals surface area contributed by atoms with Gasteiger partial charge in [-0.2, -0.15) is 0 Å². The highest BCUT2D eigenvalue weighted by molar-refractivity contribution is 5.80. The van der Waals surface area contributed by atoms with E-state index in [1.54, 1.807) is 7.11 Å². The average molecular weight is 229 g/mol. The molecule has 1 aliphatic rings. The fourth-order valence-electron chi connectivity index (χ4n) is 2.46. The van der Waals surface area contributed by atoms with Crippen molar-refractivity contribution in [1.82, 2.24) is 5.32 Å². The van der Waals surface area contributed by atoms with Gasteiger partial charge in [0.25, 0.3) is 0 Å². The lowest BCUT2D eigenvalue weighted by Crippen LogP contribution is -2.45. The van der Waals surface area contributed by atoms with Crippen LogP contribution in [-0.2, 0) is 9.53 Å². The van der Waals surface area contributed by atoms with Crippen LogP contribution < -0.4 is 5.32 Å². The van der Waals surface area contributed by atoms with Gasteiger partial charge < -0.3 is 15.2 Å². The first-order valence-corrected chi connectivity index (χ1v) is 5.91. The minimum atomic E-state index is -0.283. The Morgan fingerprint density at radius 2 is 2.31 bits per heavy atom. The van der Waals surface area contributed by atoms with Gasteiger partial charge in [-0.15, -0.1) is 0 Å². The maximum Gasteiger partial charge on any atom is 0.224 e. The van der Waals surface area contributed by atoms with Crippen LogP contribution in [0.15, 0.2) is 0 Å². The van der Waals surface area contributed by atoms with Crippen molar-refractivity contribution in [3.05, 3.63) is 0 Å². The molecule has 2 unspecified atom stereocenters. The first-order valence-electron chi connectivity index (χ1n) is 5.91. The number of rotatable bonds is 5. The molecule has 1 aliphatic carbocycles. The summed E-state index contributed by atoms with van der Waals surface area (Å²) >= 11 is 0. The quantitative estimate of drug-likeness (QED) is 0.737. The van der Waals surface area contributed by atoms with Crippen molar-refractivity contribution in [2.24, 2.45) is 11.3 Å². The molecule has 1 saturated carbocycles. The van der Waals surface area contributed by atoms with E-state index in [4.69, 9.17) is 9.84 Å². The highest BCUT2D eigenvalue weighted by atomic mass is 16.5. The van der Waals surface area contributed by atoms with Crippen molar-refractivity contribution in [1.29, 1.82) is 0 Å². The summed E-state index contributed by atoms with van der Waals surface area (Å²) in [6, 6.07) is -0.283. The van der Waals surface area contributed by atoms with E-state index in [1.807, 2.05) is 0 Å². The molecule has 0 aromatic rings. The predicted octanol–water partition coefficient (Wildman–Crippen LogP) is 0.936. The molecule has 4 nitrogen and oxygen atoms in total. The molecule has 2 N–H and O–H groups in total. The van der Waals surface area contributed by atoms with Crippen molar-refractivity contribution in [3.63, 3.8) is 0 Å². The minimum Gasteiger partial charge on any atom is -0.394 e. The minimum absolute atomic E-state index is 0.0543. The number of aliphatic hydroxyl groups excluding tert-OH is 1. The smallest absolute Gasteiger partial charge is 0.224 e. The van der Waals surface area contributed by atoms with Crippen LogP contribution in [0.25, 0.3) is 0 Å². The number of ether oxygens (including phenoxy) is 1. The zero-order valence-electron chi connectivity index (χ0n) is 10.5. The van der Waals surface area contributed by atoms with Crippen LogP contribution in [0.5, 0.6) is 0 Å². The van der Waals surface area contributed by atoms with Gasteiger partial charge in [0, 0.05) is 13.0 Å². The van der Waals surface area contributed by atoms with Gasteiger partial charge in [-0.05, 0) is 18.3 Å². The molecule has 0 aliphatic heterocycles. The van der Waals surface area contributed by atoms with E-state index in [9.17, 15) is 4.79 Å². The Hall–Kier alpha value is -0.610. The molecule has 2 atom stereocenters. The van der Waals surface area contributed by atoms with Gasteiger partial charge in [0.05, 0.1) is 19.3 Å². The maximum absolute atomic E-state index is 12.0. The summed E-state index contributed by atoms with van der Waals surface area (Å²) < 4.78 is 4.94. The number of nitrogens with one attached hydrogen (secondary N) is 1. The van der Waals surface area contributed by atoms with Crippen molar-refractivity contribution >= 4 is 5.91 Å². The Labute approximate surface area is 97.4 Å². The van der Waals surface area contributed by atoms with Crippen LogP contribution >= 0.6 is 0 Å². The predicted molar refractivity (Wildman–Crippen MR) is 62.0 cm³/mol. The van der Waals surface area contributed by atoms with Crippen molar-refractivity contribution in [2.75, 3.05) is 20.3 Å². The molecule has 0 saturated heterocycles. The standard InChI is InChI=1S/C12H23NO3/c1-12(2)6-4-5-10(12)11(15)13-9(7-14)8-16-3/h9-10,14H,4-8H2,1-3H3,(H,13,15). The van der Waals surface area contributed by atoms with E-state index >= 15 is 0 Å². The highest BCUT2D eigenvalue weighted by Gasteiger charge is 2.39. The molecule has 4 heteroatoms. The van der Waals surface area contributed by atoms with Gasteiger partial charge in [0.1, 0.15) is 0 Å². The Morgan fingerprint density at radius 3 is 2.75 bits per heavy atom. The number of hydrogen-bond acceptors (Lipinski definition) is 3. The number of carbonyl (C=O) groups excluding carboxylic acids is 1. The first kappa shape index (κ1) is 13.5. The molecule has 0 aromatic heterocycles. The SMILES string of the molecule is COCC(CO)NC(=O)C1CCCC1(C)C. The molecule has 0 aromatic carbocycles. The van der Waals surface area contributed by atoms with Gasteiger partial charge >= 0.3 is 0 Å². The third-order valence-electron chi connectivity index (χ3n) is 3.51. The second-order valence-electron chi connectivity index (χ2n) is 5.28. The molecular weight excluding hydrogens is 206 g/mol.